The van der Waals surface area contributed by atoms with Crippen LogP contribution in [0.1, 0.15) is 35.9 Å². The van der Waals surface area contributed by atoms with E-state index in [2.05, 4.69) is 5.32 Å². The lowest BCUT2D eigenvalue weighted by molar-refractivity contribution is -0.137. The molecule has 0 saturated carbocycles. The van der Waals surface area contributed by atoms with Crippen LogP contribution in [0.5, 0.6) is 5.75 Å². The van der Waals surface area contributed by atoms with E-state index in [1.54, 1.807) is 18.4 Å². The highest BCUT2D eigenvalue weighted by molar-refractivity contribution is 7.10. The zero-order chi connectivity index (χ0) is 15.2. The van der Waals surface area contributed by atoms with Crippen LogP contribution in [-0.4, -0.2) is 18.2 Å². The predicted octanol–water partition coefficient (Wildman–Crippen LogP) is 3.62. The van der Waals surface area contributed by atoms with Crippen LogP contribution >= 0.6 is 11.3 Å². The molecule has 2 N–H and O–H groups in total. The summed E-state index contributed by atoms with van der Waals surface area (Å²) in [6.45, 7) is 2.01. The van der Waals surface area contributed by atoms with Crippen LogP contribution in [0.3, 0.4) is 0 Å². The largest absolute Gasteiger partial charge is 0.496 e. The smallest absolute Gasteiger partial charge is 0.305 e. The molecule has 2 aromatic rings. The number of carboxylic acid groups (broad SMARTS) is 1. The van der Waals surface area contributed by atoms with Gasteiger partial charge < -0.3 is 15.2 Å². The lowest BCUT2D eigenvalue weighted by atomic mass is 10.0. The van der Waals surface area contributed by atoms with Crippen molar-refractivity contribution in [2.45, 2.75) is 25.4 Å². The number of hydrogen-bond acceptors (Lipinski definition) is 4. The molecule has 2 rings (SSSR count). The van der Waals surface area contributed by atoms with Crippen molar-refractivity contribution in [1.29, 1.82) is 0 Å². The Hall–Kier alpha value is -1.85. The van der Waals surface area contributed by atoms with Gasteiger partial charge in [0.1, 0.15) is 5.75 Å². The molecule has 0 spiro atoms. The highest BCUT2D eigenvalue weighted by Crippen LogP contribution is 2.29. The second-order valence-electron chi connectivity index (χ2n) is 4.80. The van der Waals surface area contributed by atoms with Crippen LogP contribution in [-0.2, 0) is 4.79 Å². The molecule has 21 heavy (non-hydrogen) atoms. The van der Waals surface area contributed by atoms with Crippen molar-refractivity contribution in [2.24, 2.45) is 0 Å². The number of carboxylic acids is 1. The summed E-state index contributed by atoms with van der Waals surface area (Å²) in [5.74, 6) is -0.00844. The van der Waals surface area contributed by atoms with E-state index < -0.39 is 5.97 Å². The lowest BCUT2D eigenvalue weighted by Crippen LogP contribution is -2.26. The summed E-state index contributed by atoms with van der Waals surface area (Å²) in [6.07, 6.45) is 0.0556. The van der Waals surface area contributed by atoms with Gasteiger partial charge in [-0.25, -0.2) is 0 Å². The number of aliphatic carboxylic acids is 1. The number of thiophene rings is 1. The average molecular weight is 305 g/mol. The van der Waals surface area contributed by atoms with E-state index in [-0.39, 0.29) is 18.5 Å². The Balaban J connectivity index is 2.18. The third-order valence-electron chi connectivity index (χ3n) is 3.32. The van der Waals surface area contributed by atoms with E-state index in [4.69, 9.17) is 9.84 Å². The summed E-state index contributed by atoms with van der Waals surface area (Å²) in [6, 6.07) is 11.4. The van der Waals surface area contributed by atoms with Crippen molar-refractivity contribution in [3.05, 3.63) is 52.2 Å². The second kappa shape index (κ2) is 7.24. The normalized spacial score (nSPS) is 13.6. The van der Waals surface area contributed by atoms with Gasteiger partial charge in [-0.2, -0.15) is 0 Å². The van der Waals surface area contributed by atoms with E-state index in [1.165, 1.54) is 0 Å². The zero-order valence-electron chi connectivity index (χ0n) is 12.1. The molecule has 2 atom stereocenters. The summed E-state index contributed by atoms with van der Waals surface area (Å²) < 4.78 is 5.37. The minimum Gasteiger partial charge on any atom is -0.496 e. The molecule has 0 aliphatic heterocycles. The molecule has 4 nitrogen and oxygen atoms in total. The van der Waals surface area contributed by atoms with Crippen molar-refractivity contribution >= 4 is 17.3 Å². The maximum Gasteiger partial charge on any atom is 0.305 e. The van der Waals surface area contributed by atoms with Crippen molar-refractivity contribution in [3.63, 3.8) is 0 Å². The van der Waals surface area contributed by atoms with Crippen molar-refractivity contribution in [1.82, 2.24) is 5.32 Å². The van der Waals surface area contributed by atoms with Crippen LogP contribution in [0.25, 0.3) is 0 Å². The lowest BCUT2D eigenvalue weighted by Gasteiger charge is -2.23. The Morgan fingerprint density at radius 1 is 1.33 bits per heavy atom. The number of methoxy groups -OCH3 is 1. The molecule has 0 radical (unpaired) electrons. The van der Waals surface area contributed by atoms with Crippen LogP contribution in [0.15, 0.2) is 41.8 Å². The Labute approximate surface area is 128 Å². The van der Waals surface area contributed by atoms with E-state index >= 15 is 0 Å². The van der Waals surface area contributed by atoms with Crippen molar-refractivity contribution in [2.75, 3.05) is 7.11 Å². The zero-order valence-corrected chi connectivity index (χ0v) is 12.9. The number of nitrogens with one attached hydrogen (secondary N) is 1. The Morgan fingerprint density at radius 3 is 2.71 bits per heavy atom. The highest BCUT2D eigenvalue weighted by Gasteiger charge is 2.20. The van der Waals surface area contributed by atoms with Gasteiger partial charge in [-0.1, -0.05) is 24.3 Å². The van der Waals surface area contributed by atoms with Gasteiger partial charge in [-0.05, 0) is 24.4 Å². The molecule has 1 aromatic heterocycles. The fraction of sp³-hybridized carbons (Fsp3) is 0.312. The Morgan fingerprint density at radius 2 is 2.10 bits per heavy atom. The Bertz CT molecular complexity index is 583. The van der Waals surface area contributed by atoms with Crippen LogP contribution < -0.4 is 10.1 Å². The molecule has 0 aliphatic carbocycles. The molecular formula is C16H19NO3S. The highest BCUT2D eigenvalue weighted by atomic mass is 32.1. The van der Waals surface area contributed by atoms with Gasteiger partial charge in [0.25, 0.3) is 0 Å². The maximum atomic E-state index is 11.1. The minimum absolute atomic E-state index is 0.00685. The number of ether oxygens (including phenoxy) is 1. The molecule has 0 saturated heterocycles. The standard InChI is InChI=1S/C16H19NO3S/c1-11(12-6-3-4-7-14(12)20-2)17-13(10-16(18)19)15-8-5-9-21-15/h3-9,11,13,17H,10H2,1-2H3,(H,18,19). The summed E-state index contributed by atoms with van der Waals surface area (Å²) in [4.78, 5) is 12.1. The topological polar surface area (TPSA) is 58.6 Å². The Kier molecular flexibility index (Phi) is 5.36. The SMILES string of the molecule is COc1ccccc1C(C)NC(CC(=O)O)c1cccs1. The number of hydrogen-bond donors (Lipinski definition) is 2. The second-order valence-corrected chi connectivity index (χ2v) is 5.78. The summed E-state index contributed by atoms with van der Waals surface area (Å²) in [5.41, 5.74) is 1.02. The summed E-state index contributed by atoms with van der Waals surface area (Å²) in [7, 11) is 1.64. The van der Waals surface area contributed by atoms with Crippen LogP contribution in [0.4, 0.5) is 0 Å². The molecule has 112 valence electrons. The third kappa shape index (κ3) is 4.06. The molecule has 0 amide bonds. The number of para-hydroxylation sites is 1. The van der Waals surface area contributed by atoms with Gasteiger partial charge in [0, 0.05) is 16.5 Å². The van der Waals surface area contributed by atoms with E-state index in [0.717, 1.165) is 16.2 Å². The molecule has 0 bridgehead atoms. The van der Waals surface area contributed by atoms with Gasteiger partial charge in [-0.3, -0.25) is 4.79 Å². The first-order valence-corrected chi connectivity index (χ1v) is 7.64. The summed E-state index contributed by atoms with van der Waals surface area (Å²) in [5, 5.41) is 14.5. The van der Waals surface area contributed by atoms with Crippen molar-refractivity contribution < 1.29 is 14.6 Å². The predicted molar refractivity (Wildman–Crippen MR) is 83.9 cm³/mol. The fourth-order valence-electron chi connectivity index (χ4n) is 2.32. The van der Waals surface area contributed by atoms with Gasteiger partial charge in [0.05, 0.1) is 19.6 Å². The quantitative estimate of drug-likeness (QED) is 0.820. The van der Waals surface area contributed by atoms with Crippen LogP contribution in [0, 0.1) is 0 Å². The van der Waals surface area contributed by atoms with Gasteiger partial charge in [0.15, 0.2) is 0 Å². The minimum atomic E-state index is -0.812. The van der Waals surface area contributed by atoms with Crippen molar-refractivity contribution in [3.8, 4) is 5.75 Å². The molecule has 0 fully saturated rings. The van der Waals surface area contributed by atoms with Gasteiger partial charge in [0.2, 0.25) is 0 Å². The number of rotatable bonds is 7. The molecule has 5 heteroatoms. The first-order valence-electron chi connectivity index (χ1n) is 6.76. The number of benzene rings is 1. The third-order valence-corrected chi connectivity index (χ3v) is 4.31. The van der Waals surface area contributed by atoms with E-state index in [9.17, 15) is 4.79 Å². The van der Waals surface area contributed by atoms with Gasteiger partial charge >= 0.3 is 5.97 Å². The first-order chi connectivity index (χ1) is 10.1. The number of carbonyl (C=O) groups is 1. The monoisotopic (exact) mass is 305 g/mol. The molecule has 1 aromatic carbocycles. The maximum absolute atomic E-state index is 11.1. The molecule has 1 heterocycles. The molecule has 2 unspecified atom stereocenters. The van der Waals surface area contributed by atoms with Crippen LogP contribution in [0.2, 0.25) is 0 Å². The molecule has 0 aliphatic rings. The first kappa shape index (κ1) is 15.5. The molecular weight excluding hydrogens is 286 g/mol. The average Bonchev–Trinajstić information content (AvgIpc) is 3.00. The van der Waals surface area contributed by atoms with E-state index in [0.29, 0.717) is 0 Å². The summed E-state index contributed by atoms with van der Waals surface area (Å²) >= 11 is 1.56. The fourth-order valence-corrected chi connectivity index (χ4v) is 3.11. The van der Waals surface area contributed by atoms with E-state index in [1.807, 2.05) is 48.7 Å². The van der Waals surface area contributed by atoms with Gasteiger partial charge in [-0.15, -0.1) is 11.3 Å².